The van der Waals surface area contributed by atoms with Gasteiger partial charge in [0.2, 0.25) is 0 Å². The smallest absolute Gasteiger partial charge is 0.322 e. The maximum absolute atomic E-state index is 13.2. The molecule has 2 aliphatic rings. The van der Waals surface area contributed by atoms with Crippen molar-refractivity contribution in [3.05, 3.63) is 70.9 Å². The molecule has 1 atom stereocenters. The van der Waals surface area contributed by atoms with Crippen LogP contribution in [0.3, 0.4) is 0 Å². The maximum atomic E-state index is 13.2. The molecule has 0 aliphatic carbocycles. The number of nitrogens with one attached hydrogen (secondary N) is 1. The van der Waals surface area contributed by atoms with Crippen molar-refractivity contribution >= 4 is 17.6 Å². The lowest BCUT2D eigenvalue weighted by molar-refractivity contribution is -0.114. The normalized spacial score (nSPS) is 19.4. The van der Waals surface area contributed by atoms with Gasteiger partial charge in [-0.25, -0.2) is 4.79 Å². The lowest BCUT2D eigenvalue weighted by Crippen LogP contribution is -2.45. The summed E-state index contributed by atoms with van der Waals surface area (Å²) in [6.45, 7) is 2.45. The molecule has 0 saturated heterocycles. The molecule has 2 aromatic carbocycles. The van der Waals surface area contributed by atoms with E-state index in [4.69, 9.17) is 0 Å². The number of likely N-dealkylation sites (N-methyl/N-ethyl adjacent to an activating group) is 1. The first-order chi connectivity index (χ1) is 13.0. The van der Waals surface area contributed by atoms with E-state index in [-0.39, 0.29) is 17.7 Å². The number of aryl methyl sites for hydroxylation is 1. The Morgan fingerprint density at radius 2 is 1.74 bits per heavy atom. The fraction of sp³-hybridized carbons (Fsp3) is 0.238. The van der Waals surface area contributed by atoms with Gasteiger partial charge in [0, 0.05) is 12.7 Å². The zero-order valence-corrected chi connectivity index (χ0v) is 15.3. The molecule has 0 fully saturated rings. The summed E-state index contributed by atoms with van der Waals surface area (Å²) in [5, 5.41) is 12.4. The Kier molecular flexibility index (Phi) is 4.11. The molecule has 4 rings (SSSR count). The highest BCUT2D eigenvalue weighted by Crippen LogP contribution is 2.37. The van der Waals surface area contributed by atoms with E-state index in [0.29, 0.717) is 17.8 Å². The van der Waals surface area contributed by atoms with Crippen LogP contribution >= 0.6 is 0 Å². The first-order valence-corrected chi connectivity index (χ1v) is 8.96. The number of phenols is 1. The summed E-state index contributed by atoms with van der Waals surface area (Å²) in [7, 11) is 1.68. The number of amides is 3. The molecule has 6 nitrogen and oxygen atoms in total. The summed E-state index contributed by atoms with van der Waals surface area (Å²) < 4.78 is 0. The number of urea groups is 1. The third-order valence-electron chi connectivity index (χ3n) is 5.24. The highest BCUT2D eigenvalue weighted by atomic mass is 16.3. The number of carbonyl (C=O) groups excluding carboxylic acids is 2. The van der Waals surface area contributed by atoms with E-state index in [1.165, 1.54) is 10.5 Å². The molecular formula is C21H21N3O3. The highest BCUT2D eigenvalue weighted by molar-refractivity contribution is 6.11. The van der Waals surface area contributed by atoms with Crippen LogP contribution in [0, 0.1) is 0 Å². The molecule has 2 heterocycles. The Hall–Kier alpha value is -3.28. The minimum atomic E-state index is -0.531. The molecular weight excluding hydrogens is 342 g/mol. The fourth-order valence-electron chi connectivity index (χ4n) is 3.60. The quantitative estimate of drug-likeness (QED) is 0.881. The van der Waals surface area contributed by atoms with Crippen LogP contribution in [0.4, 0.5) is 10.5 Å². The molecule has 6 heteroatoms. The van der Waals surface area contributed by atoms with Crippen LogP contribution in [0.15, 0.2) is 59.8 Å². The first kappa shape index (κ1) is 17.1. The zero-order valence-electron chi connectivity index (χ0n) is 15.3. The molecule has 2 aliphatic heterocycles. The molecule has 0 spiro atoms. The fourth-order valence-corrected chi connectivity index (χ4v) is 3.60. The molecule has 138 valence electrons. The van der Waals surface area contributed by atoms with Crippen LogP contribution in [0.25, 0.3) is 0 Å². The van der Waals surface area contributed by atoms with Gasteiger partial charge in [0.25, 0.3) is 5.91 Å². The minimum absolute atomic E-state index is 0.112. The molecule has 3 amide bonds. The number of phenolic OH excluding ortho intramolecular Hbond substituents is 1. The van der Waals surface area contributed by atoms with Crippen molar-refractivity contribution in [1.29, 1.82) is 0 Å². The molecule has 2 aromatic rings. The Labute approximate surface area is 157 Å². The summed E-state index contributed by atoms with van der Waals surface area (Å²) >= 11 is 0. The van der Waals surface area contributed by atoms with Gasteiger partial charge in [0.05, 0.1) is 23.9 Å². The average Bonchev–Trinajstić information content (AvgIpc) is 3.03. The Morgan fingerprint density at radius 1 is 1.07 bits per heavy atom. The van der Waals surface area contributed by atoms with E-state index in [1.54, 1.807) is 36.2 Å². The van der Waals surface area contributed by atoms with Gasteiger partial charge in [-0.2, -0.15) is 0 Å². The van der Waals surface area contributed by atoms with Crippen LogP contribution in [0.5, 0.6) is 5.75 Å². The van der Waals surface area contributed by atoms with E-state index in [0.717, 1.165) is 17.7 Å². The van der Waals surface area contributed by atoms with Crippen LogP contribution in [-0.2, 0) is 11.2 Å². The standard InChI is InChI=1S/C21H21N3O3/c1-3-13-4-8-15(9-5-13)24-12-17-18(20(24)26)19(22-21(27)23(17)2)14-6-10-16(25)11-7-14/h4-11,19,25H,3,12H2,1-2H3,(H,22,27). The second-order valence-electron chi connectivity index (χ2n) is 6.80. The van der Waals surface area contributed by atoms with E-state index >= 15 is 0 Å². The third kappa shape index (κ3) is 2.83. The van der Waals surface area contributed by atoms with Crippen molar-refractivity contribution in [3.63, 3.8) is 0 Å². The maximum Gasteiger partial charge on any atom is 0.322 e. The number of hydrogen-bond donors (Lipinski definition) is 2. The molecule has 1 unspecified atom stereocenters. The van der Waals surface area contributed by atoms with Gasteiger partial charge < -0.3 is 15.3 Å². The lowest BCUT2D eigenvalue weighted by atomic mass is 9.95. The Bertz CT molecular complexity index is 932. The van der Waals surface area contributed by atoms with Crippen molar-refractivity contribution in [2.75, 3.05) is 18.5 Å². The van der Waals surface area contributed by atoms with Crippen molar-refractivity contribution in [3.8, 4) is 5.75 Å². The first-order valence-electron chi connectivity index (χ1n) is 8.96. The van der Waals surface area contributed by atoms with Gasteiger partial charge in [0.15, 0.2) is 0 Å². The van der Waals surface area contributed by atoms with Gasteiger partial charge in [0.1, 0.15) is 5.75 Å². The van der Waals surface area contributed by atoms with E-state index < -0.39 is 6.04 Å². The summed E-state index contributed by atoms with van der Waals surface area (Å²) in [4.78, 5) is 28.9. The summed E-state index contributed by atoms with van der Waals surface area (Å²) in [6.07, 6.45) is 0.938. The van der Waals surface area contributed by atoms with Crippen LogP contribution in [0.2, 0.25) is 0 Å². The lowest BCUT2D eigenvalue weighted by Gasteiger charge is -2.31. The number of rotatable bonds is 3. The molecule has 0 bridgehead atoms. The molecule has 0 aromatic heterocycles. The zero-order chi connectivity index (χ0) is 19.1. The Morgan fingerprint density at radius 3 is 2.37 bits per heavy atom. The minimum Gasteiger partial charge on any atom is -0.508 e. The molecule has 2 N–H and O–H groups in total. The van der Waals surface area contributed by atoms with Gasteiger partial charge in [-0.1, -0.05) is 31.2 Å². The number of carbonyl (C=O) groups is 2. The second-order valence-corrected chi connectivity index (χ2v) is 6.80. The van der Waals surface area contributed by atoms with Crippen LogP contribution in [0.1, 0.15) is 24.1 Å². The highest BCUT2D eigenvalue weighted by Gasteiger charge is 2.43. The summed E-state index contributed by atoms with van der Waals surface area (Å²) in [5.74, 6) is 0.0294. The third-order valence-corrected chi connectivity index (χ3v) is 5.24. The average molecular weight is 363 g/mol. The molecule has 27 heavy (non-hydrogen) atoms. The Balaban J connectivity index is 1.72. The number of hydrogen-bond acceptors (Lipinski definition) is 3. The predicted molar refractivity (Wildman–Crippen MR) is 102 cm³/mol. The van der Waals surface area contributed by atoms with Gasteiger partial charge in [-0.15, -0.1) is 0 Å². The van der Waals surface area contributed by atoms with Crippen molar-refractivity contribution in [2.45, 2.75) is 19.4 Å². The van der Waals surface area contributed by atoms with Crippen molar-refractivity contribution < 1.29 is 14.7 Å². The topological polar surface area (TPSA) is 72.9 Å². The van der Waals surface area contributed by atoms with Crippen molar-refractivity contribution in [1.82, 2.24) is 10.2 Å². The second kappa shape index (κ2) is 6.46. The van der Waals surface area contributed by atoms with E-state index in [9.17, 15) is 14.7 Å². The number of nitrogens with zero attached hydrogens (tertiary/aromatic N) is 2. The number of aromatic hydroxyl groups is 1. The van der Waals surface area contributed by atoms with Gasteiger partial charge >= 0.3 is 6.03 Å². The van der Waals surface area contributed by atoms with Crippen molar-refractivity contribution in [2.24, 2.45) is 0 Å². The van der Waals surface area contributed by atoms with Gasteiger partial charge in [-0.05, 0) is 41.8 Å². The number of anilines is 1. The van der Waals surface area contributed by atoms with E-state index in [1.807, 2.05) is 24.3 Å². The van der Waals surface area contributed by atoms with E-state index in [2.05, 4.69) is 12.2 Å². The molecule has 0 saturated carbocycles. The summed E-state index contributed by atoms with van der Waals surface area (Å²) in [6, 6.07) is 13.7. The van der Waals surface area contributed by atoms with Gasteiger partial charge in [-0.3, -0.25) is 9.69 Å². The predicted octanol–water partition coefficient (Wildman–Crippen LogP) is 2.95. The van der Waals surface area contributed by atoms with Crippen LogP contribution < -0.4 is 10.2 Å². The summed E-state index contributed by atoms with van der Waals surface area (Å²) in [5.41, 5.74) is 4.07. The number of benzene rings is 2. The molecule has 0 radical (unpaired) electrons. The van der Waals surface area contributed by atoms with Crippen LogP contribution in [-0.4, -0.2) is 35.5 Å². The monoisotopic (exact) mass is 363 g/mol. The largest absolute Gasteiger partial charge is 0.508 e. The SMILES string of the molecule is CCc1ccc(N2CC3=C(C2=O)C(c2ccc(O)cc2)NC(=O)N3C)cc1.